The molecular formula is C14H12BrFO2. The largest absolute Gasteiger partial charge is 0.467 e. The molecule has 0 fully saturated rings. The van der Waals surface area contributed by atoms with Crippen molar-refractivity contribution in [1.82, 2.24) is 0 Å². The zero-order valence-corrected chi connectivity index (χ0v) is 11.2. The van der Waals surface area contributed by atoms with E-state index in [0.29, 0.717) is 16.8 Å². The molecule has 4 heteroatoms. The molecule has 0 spiro atoms. The standard InChI is InChI=1S/C14H12BrFO2/c15-13-7-6-12(8-14(13)16)18-10-17-9-11-4-2-1-3-5-11/h1-8H,9-10H2. The molecule has 0 aliphatic carbocycles. The molecule has 0 N–H and O–H groups in total. The van der Waals surface area contributed by atoms with Gasteiger partial charge in [0.2, 0.25) is 0 Å². The predicted octanol–water partition coefficient (Wildman–Crippen LogP) is 4.14. The van der Waals surface area contributed by atoms with Crippen LogP contribution >= 0.6 is 15.9 Å². The molecule has 0 radical (unpaired) electrons. The fraction of sp³-hybridized carbons (Fsp3) is 0.143. The van der Waals surface area contributed by atoms with Gasteiger partial charge in [0, 0.05) is 6.07 Å². The molecule has 2 aromatic carbocycles. The van der Waals surface area contributed by atoms with Crippen LogP contribution in [0.15, 0.2) is 53.0 Å². The molecule has 0 bridgehead atoms. The van der Waals surface area contributed by atoms with Gasteiger partial charge in [-0.1, -0.05) is 30.3 Å². The summed E-state index contributed by atoms with van der Waals surface area (Å²) in [5.41, 5.74) is 1.07. The number of halogens is 2. The third-order valence-corrected chi connectivity index (χ3v) is 2.95. The summed E-state index contributed by atoms with van der Waals surface area (Å²) in [5.74, 6) is 0.0966. The molecular weight excluding hydrogens is 299 g/mol. The van der Waals surface area contributed by atoms with Crippen molar-refractivity contribution in [2.24, 2.45) is 0 Å². The highest BCUT2D eigenvalue weighted by Gasteiger charge is 2.01. The molecule has 2 nitrogen and oxygen atoms in total. The quantitative estimate of drug-likeness (QED) is 0.610. The second-order valence-electron chi connectivity index (χ2n) is 3.67. The summed E-state index contributed by atoms with van der Waals surface area (Å²) in [6.45, 7) is 0.565. The Bertz CT molecular complexity index is 502. The van der Waals surface area contributed by atoms with Crippen LogP contribution in [0.1, 0.15) is 5.56 Å². The Labute approximate surface area is 113 Å². The SMILES string of the molecule is Fc1cc(OCOCc2ccccc2)ccc1Br. The molecule has 0 unspecified atom stereocenters. The molecule has 2 rings (SSSR count). The lowest BCUT2D eigenvalue weighted by molar-refractivity contribution is 0.00489. The number of rotatable bonds is 5. The number of ether oxygens (including phenoxy) is 2. The van der Waals surface area contributed by atoms with Gasteiger partial charge in [0.25, 0.3) is 0 Å². The van der Waals surface area contributed by atoms with Gasteiger partial charge in [-0.05, 0) is 33.6 Å². The summed E-state index contributed by atoms with van der Waals surface area (Å²) in [6.07, 6.45) is 0. The summed E-state index contributed by atoms with van der Waals surface area (Å²) in [7, 11) is 0. The van der Waals surface area contributed by atoms with Crippen molar-refractivity contribution < 1.29 is 13.9 Å². The first kappa shape index (κ1) is 13.1. The fourth-order valence-corrected chi connectivity index (χ4v) is 1.66. The van der Waals surface area contributed by atoms with Gasteiger partial charge in [-0.2, -0.15) is 0 Å². The van der Waals surface area contributed by atoms with Crippen LogP contribution < -0.4 is 4.74 Å². The van der Waals surface area contributed by atoms with Crippen molar-refractivity contribution in [1.29, 1.82) is 0 Å². The van der Waals surface area contributed by atoms with Gasteiger partial charge in [-0.15, -0.1) is 0 Å². The minimum atomic E-state index is -0.351. The van der Waals surface area contributed by atoms with Crippen LogP contribution in [0.25, 0.3) is 0 Å². The van der Waals surface area contributed by atoms with Gasteiger partial charge >= 0.3 is 0 Å². The van der Waals surface area contributed by atoms with E-state index in [9.17, 15) is 4.39 Å². The average Bonchev–Trinajstić information content (AvgIpc) is 2.40. The minimum Gasteiger partial charge on any atom is -0.467 e. The van der Waals surface area contributed by atoms with E-state index < -0.39 is 0 Å². The summed E-state index contributed by atoms with van der Waals surface area (Å²) >= 11 is 3.08. The number of hydrogen-bond acceptors (Lipinski definition) is 2. The highest BCUT2D eigenvalue weighted by molar-refractivity contribution is 9.10. The first-order valence-corrected chi connectivity index (χ1v) is 6.24. The fourth-order valence-electron chi connectivity index (χ4n) is 1.41. The zero-order chi connectivity index (χ0) is 12.8. The Morgan fingerprint density at radius 2 is 1.83 bits per heavy atom. The molecule has 0 saturated heterocycles. The Kier molecular flexibility index (Phi) is 4.73. The molecule has 0 amide bonds. The van der Waals surface area contributed by atoms with Crippen LogP contribution in [-0.2, 0) is 11.3 Å². The molecule has 0 aliphatic heterocycles. The van der Waals surface area contributed by atoms with Crippen molar-refractivity contribution >= 4 is 15.9 Å². The molecule has 94 valence electrons. The maximum Gasteiger partial charge on any atom is 0.189 e. The van der Waals surface area contributed by atoms with Crippen molar-refractivity contribution in [3.05, 3.63) is 64.4 Å². The van der Waals surface area contributed by atoms with Crippen LogP contribution in [0, 0.1) is 5.82 Å². The van der Waals surface area contributed by atoms with Gasteiger partial charge < -0.3 is 9.47 Å². The third kappa shape index (κ3) is 3.82. The summed E-state index contributed by atoms with van der Waals surface area (Å²) < 4.78 is 24.2. The van der Waals surface area contributed by atoms with E-state index in [0.717, 1.165) is 5.56 Å². The summed E-state index contributed by atoms with van der Waals surface area (Å²) in [4.78, 5) is 0. The van der Waals surface area contributed by atoms with Gasteiger partial charge in [0.15, 0.2) is 6.79 Å². The number of hydrogen-bond donors (Lipinski definition) is 0. The van der Waals surface area contributed by atoms with Crippen LogP contribution in [0.5, 0.6) is 5.75 Å². The Hall–Kier alpha value is -1.39. The van der Waals surface area contributed by atoms with E-state index in [1.165, 1.54) is 6.07 Å². The molecule has 0 aromatic heterocycles. The monoisotopic (exact) mass is 310 g/mol. The van der Waals surface area contributed by atoms with Crippen LogP contribution in [0.2, 0.25) is 0 Å². The van der Waals surface area contributed by atoms with Crippen LogP contribution in [0.3, 0.4) is 0 Å². The maximum absolute atomic E-state index is 13.2. The smallest absolute Gasteiger partial charge is 0.189 e. The molecule has 0 atom stereocenters. The van der Waals surface area contributed by atoms with E-state index >= 15 is 0 Å². The lowest BCUT2D eigenvalue weighted by atomic mass is 10.2. The molecule has 0 saturated carbocycles. The van der Waals surface area contributed by atoms with E-state index in [4.69, 9.17) is 9.47 Å². The lowest BCUT2D eigenvalue weighted by Gasteiger charge is -2.07. The van der Waals surface area contributed by atoms with Gasteiger partial charge in [0.1, 0.15) is 11.6 Å². The minimum absolute atomic E-state index is 0.0932. The van der Waals surface area contributed by atoms with E-state index in [1.54, 1.807) is 12.1 Å². The van der Waals surface area contributed by atoms with Crippen LogP contribution in [0.4, 0.5) is 4.39 Å². The molecule has 0 aliphatic rings. The normalized spacial score (nSPS) is 10.3. The second-order valence-corrected chi connectivity index (χ2v) is 4.53. The van der Waals surface area contributed by atoms with Crippen molar-refractivity contribution in [2.75, 3.05) is 6.79 Å². The van der Waals surface area contributed by atoms with Crippen molar-refractivity contribution in [3.8, 4) is 5.75 Å². The van der Waals surface area contributed by atoms with Crippen molar-refractivity contribution in [3.63, 3.8) is 0 Å². The number of benzene rings is 2. The van der Waals surface area contributed by atoms with Crippen LogP contribution in [-0.4, -0.2) is 6.79 Å². The first-order valence-electron chi connectivity index (χ1n) is 5.45. The van der Waals surface area contributed by atoms with Gasteiger partial charge in [-0.3, -0.25) is 0 Å². The highest BCUT2D eigenvalue weighted by Crippen LogP contribution is 2.20. The third-order valence-electron chi connectivity index (χ3n) is 2.31. The molecule has 18 heavy (non-hydrogen) atoms. The highest BCUT2D eigenvalue weighted by atomic mass is 79.9. The predicted molar refractivity (Wildman–Crippen MR) is 70.8 cm³/mol. The van der Waals surface area contributed by atoms with Gasteiger partial charge in [0.05, 0.1) is 11.1 Å². The molecule has 2 aromatic rings. The van der Waals surface area contributed by atoms with Crippen molar-refractivity contribution in [2.45, 2.75) is 6.61 Å². The second kappa shape index (κ2) is 6.52. The first-order chi connectivity index (χ1) is 8.75. The van der Waals surface area contributed by atoms with Gasteiger partial charge in [-0.25, -0.2) is 4.39 Å². The van der Waals surface area contributed by atoms with E-state index in [2.05, 4.69) is 15.9 Å². The summed E-state index contributed by atoms with van der Waals surface area (Å²) in [5, 5.41) is 0. The topological polar surface area (TPSA) is 18.5 Å². The average molecular weight is 311 g/mol. The Morgan fingerprint density at radius 1 is 1.06 bits per heavy atom. The Morgan fingerprint density at radius 3 is 2.56 bits per heavy atom. The lowest BCUT2D eigenvalue weighted by Crippen LogP contribution is -2.03. The van der Waals surface area contributed by atoms with E-state index in [1.807, 2.05) is 30.3 Å². The summed E-state index contributed by atoms with van der Waals surface area (Å²) in [6, 6.07) is 14.4. The zero-order valence-electron chi connectivity index (χ0n) is 9.61. The Balaban J connectivity index is 1.77. The molecule has 0 heterocycles. The maximum atomic E-state index is 13.2. The van der Waals surface area contributed by atoms with E-state index in [-0.39, 0.29) is 12.6 Å².